The van der Waals surface area contributed by atoms with Gasteiger partial charge in [-0.05, 0) is 6.92 Å². The molecule has 0 amide bonds. The van der Waals surface area contributed by atoms with Crippen molar-refractivity contribution in [2.45, 2.75) is 13.3 Å². The van der Waals surface area contributed by atoms with Crippen molar-refractivity contribution in [3.8, 4) is 0 Å². The first-order chi connectivity index (χ1) is 7.15. The first kappa shape index (κ1) is 9.97. The molecule has 2 rings (SSSR count). The number of hydrogen-bond donors (Lipinski definition) is 0. The molecule has 2 heterocycles. The van der Waals surface area contributed by atoms with Gasteiger partial charge >= 0.3 is 0 Å². The van der Waals surface area contributed by atoms with Crippen LogP contribution in [-0.2, 0) is 13.5 Å². The molecular formula is C9H10N4OS. The van der Waals surface area contributed by atoms with Crippen LogP contribution in [-0.4, -0.2) is 25.8 Å². The summed E-state index contributed by atoms with van der Waals surface area (Å²) in [4.78, 5) is 15.8. The Morgan fingerprint density at radius 1 is 1.60 bits per heavy atom. The van der Waals surface area contributed by atoms with E-state index in [1.165, 1.54) is 11.3 Å². The maximum Gasteiger partial charge on any atom is 0.188 e. The fourth-order valence-electron chi connectivity index (χ4n) is 1.22. The summed E-state index contributed by atoms with van der Waals surface area (Å²) in [6.07, 6.45) is 1.99. The van der Waals surface area contributed by atoms with Crippen LogP contribution >= 0.6 is 11.3 Å². The van der Waals surface area contributed by atoms with Crippen LogP contribution in [0.4, 0.5) is 0 Å². The summed E-state index contributed by atoms with van der Waals surface area (Å²) in [5.41, 5.74) is 1.19. The molecule has 0 radical (unpaired) electrons. The highest BCUT2D eigenvalue weighted by Gasteiger charge is 2.12. The third-order valence-corrected chi connectivity index (χ3v) is 2.67. The normalized spacial score (nSPS) is 10.5. The van der Waals surface area contributed by atoms with E-state index in [4.69, 9.17) is 0 Å². The standard InChI is InChI=1S/C9H10N4OS/c1-6-10-8(5-15-6)9(14)3-7-4-13(2)12-11-7/h4-5H,3H2,1-2H3. The van der Waals surface area contributed by atoms with Gasteiger partial charge in [-0.2, -0.15) is 0 Å². The van der Waals surface area contributed by atoms with Gasteiger partial charge in [-0.3, -0.25) is 9.48 Å². The molecule has 0 bridgehead atoms. The highest BCUT2D eigenvalue weighted by atomic mass is 32.1. The van der Waals surface area contributed by atoms with Crippen molar-refractivity contribution >= 4 is 17.1 Å². The van der Waals surface area contributed by atoms with Crippen LogP contribution in [0.3, 0.4) is 0 Å². The topological polar surface area (TPSA) is 60.7 Å². The largest absolute Gasteiger partial charge is 0.292 e. The number of hydrogen-bond acceptors (Lipinski definition) is 5. The molecule has 0 N–H and O–H groups in total. The van der Waals surface area contributed by atoms with Gasteiger partial charge in [-0.25, -0.2) is 4.98 Å². The SMILES string of the molecule is Cc1nc(C(=O)Cc2cn(C)nn2)cs1. The molecule has 0 aromatic carbocycles. The van der Waals surface area contributed by atoms with Gasteiger partial charge in [0.05, 0.1) is 17.1 Å². The molecule has 0 saturated carbocycles. The first-order valence-electron chi connectivity index (χ1n) is 4.45. The van der Waals surface area contributed by atoms with Crippen LogP contribution in [0.2, 0.25) is 0 Å². The molecule has 0 unspecified atom stereocenters. The van der Waals surface area contributed by atoms with E-state index >= 15 is 0 Å². The Labute approximate surface area is 90.8 Å². The van der Waals surface area contributed by atoms with Crippen LogP contribution in [0.5, 0.6) is 0 Å². The summed E-state index contributed by atoms with van der Waals surface area (Å²) in [6.45, 7) is 1.88. The molecule has 15 heavy (non-hydrogen) atoms. The Hall–Kier alpha value is -1.56. The summed E-state index contributed by atoms with van der Waals surface area (Å²) < 4.78 is 1.58. The number of aryl methyl sites for hydroxylation is 2. The fraction of sp³-hybridized carbons (Fsp3) is 0.333. The minimum Gasteiger partial charge on any atom is -0.292 e. The Morgan fingerprint density at radius 2 is 2.40 bits per heavy atom. The minimum atomic E-state index is -0.0140. The van der Waals surface area contributed by atoms with E-state index in [0.717, 1.165) is 5.01 Å². The Morgan fingerprint density at radius 3 is 2.93 bits per heavy atom. The number of carbonyl (C=O) groups excluding carboxylic acids is 1. The second-order valence-corrected chi connectivity index (χ2v) is 4.30. The van der Waals surface area contributed by atoms with Crippen LogP contribution in [0.15, 0.2) is 11.6 Å². The zero-order valence-corrected chi connectivity index (χ0v) is 9.28. The van der Waals surface area contributed by atoms with Gasteiger partial charge in [0, 0.05) is 18.6 Å². The zero-order valence-electron chi connectivity index (χ0n) is 8.47. The molecule has 0 aliphatic carbocycles. The second-order valence-electron chi connectivity index (χ2n) is 3.24. The highest BCUT2D eigenvalue weighted by molar-refractivity contribution is 7.09. The number of Topliss-reactive ketones (excluding diaryl/α,β-unsaturated/α-hetero) is 1. The van der Waals surface area contributed by atoms with Gasteiger partial charge in [0.25, 0.3) is 0 Å². The molecular weight excluding hydrogens is 212 g/mol. The molecule has 78 valence electrons. The quantitative estimate of drug-likeness (QED) is 0.727. The van der Waals surface area contributed by atoms with E-state index < -0.39 is 0 Å². The molecule has 0 fully saturated rings. The van der Waals surface area contributed by atoms with Gasteiger partial charge in [0.15, 0.2) is 5.78 Å². The summed E-state index contributed by atoms with van der Waals surface area (Å²) in [5, 5.41) is 10.3. The Kier molecular flexibility index (Phi) is 2.59. The minimum absolute atomic E-state index is 0.0140. The monoisotopic (exact) mass is 222 g/mol. The van der Waals surface area contributed by atoms with Crippen molar-refractivity contribution in [3.63, 3.8) is 0 Å². The van der Waals surface area contributed by atoms with Crippen LogP contribution in [0.25, 0.3) is 0 Å². The molecule has 6 heteroatoms. The van der Waals surface area contributed by atoms with Crippen molar-refractivity contribution in [1.29, 1.82) is 0 Å². The van der Waals surface area contributed by atoms with E-state index in [-0.39, 0.29) is 12.2 Å². The number of aromatic nitrogens is 4. The van der Waals surface area contributed by atoms with Crippen LogP contribution < -0.4 is 0 Å². The molecule has 0 saturated heterocycles. The third kappa shape index (κ3) is 2.27. The average molecular weight is 222 g/mol. The van der Waals surface area contributed by atoms with Gasteiger partial charge in [-0.1, -0.05) is 5.21 Å². The van der Waals surface area contributed by atoms with Crippen LogP contribution in [0.1, 0.15) is 21.2 Å². The summed E-state index contributed by atoms with van der Waals surface area (Å²) in [6, 6.07) is 0. The maximum absolute atomic E-state index is 11.7. The number of ketones is 1. The number of thiazole rings is 1. The van der Waals surface area contributed by atoms with Crippen LogP contribution in [0, 0.1) is 6.92 Å². The Bertz CT molecular complexity index is 488. The molecule has 5 nitrogen and oxygen atoms in total. The van der Waals surface area contributed by atoms with E-state index in [1.54, 1.807) is 23.3 Å². The predicted octanol–water partition coefficient (Wildman–Crippen LogP) is 1.01. The smallest absolute Gasteiger partial charge is 0.188 e. The van der Waals surface area contributed by atoms with E-state index in [1.807, 2.05) is 6.92 Å². The lowest BCUT2D eigenvalue weighted by molar-refractivity contribution is 0.0987. The molecule has 0 spiro atoms. The van der Waals surface area contributed by atoms with Gasteiger partial charge < -0.3 is 0 Å². The highest BCUT2D eigenvalue weighted by Crippen LogP contribution is 2.10. The van der Waals surface area contributed by atoms with Gasteiger partial charge in [0.2, 0.25) is 0 Å². The summed E-state index contributed by atoms with van der Waals surface area (Å²) >= 11 is 1.48. The van der Waals surface area contributed by atoms with Crippen molar-refractivity contribution in [3.05, 3.63) is 28.0 Å². The average Bonchev–Trinajstić information content (AvgIpc) is 2.75. The summed E-state index contributed by atoms with van der Waals surface area (Å²) in [7, 11) is 1.77. The van der Waals surface area contributed by atoms with Gasteiger partial charge in [0.1, 0.15) is 5.69 Å². The zero-order chi connectivity index (χ0) is 10.8. The van der Waals surface area contributed by atoms with Crippen molar-refractivity contribution in [2.24, 2.45) is 7.05 Å². The Balaban J connectivity index is 2.10. The van der Waals surface area contributed by atoms with Gasteiger partial charge in [-0.15, -0.1) is 16.4 Å². The van der Waals surface area contributed by atoms with E-state index in [0.29, 0.717) is 11.4 Å². The lowest BCUT2D eigenvalue weighted by Gasteiger charge is -1.91. The van der Waals surface area contributed by atoms with Crippen molar-refractivity contribution in [2.75, 3.05) is 0 Å². The number of carbonyl (C=O) groups is 1. The molecule has 2 aromatic heterocycles. The predicted molar refractivity (Wildman–Crippen MR) is 55.9 cm³/mol. The molecule has 0 aliphatic rings. The number of nitrogens with zero attached hydrogens (tertiary/aromatic N) is 4. The number of rotatable bonds is 3. The van der Waals surface area contributed by atoms with Crippen molar-refractivity contribution < 1.29 is 4.79 Å². The fourth-order valence-corrected chi connectivity index (χ4v) is 1.84. The first-order valence-corrected chi connectivity index (χ1v) is 5.33. The third-order valence-electron chi connectivity index (χ3n) is 1.90. The molecule has 0 aliphatic heterocycles. The van der Waals surface area contributed by atoms with E-state index in [2.05, 4.69) is 15.3 Å². The molecule has 2 aromatic rings. The lowest BCUT2D eigenvalue weighted by atomic mass is 10.2. The van der Waals surface area contributed by atoms with Crippen molar-refractivity contribution in [1.82, 2.24) is 20.0 Å². The lowest BCUT2D eigenvalue weighted by Crippen LogP contribution is -2.04. The molecule has 0 atom stereocenters. The second kappa shape index (κ2) is 3.90. The summed E-state index contributed by atoms with van der Waals surface area (Å²) in [5.74, 6) is -0.0140. The van der Waals surface area contributed by atoms with E-state index in [9.17, 15) is 4.79 Å². The maximum atomic E-state index is 11.7.